The zero-order valence-corrected chi connectivity index (χ0v) is 8.73. The Morgan fingerprint density at radius 3 is 1.81 bits per heavy atom. The van der Waals surface area contributed by atoms with E-state index < -0.39 is 11.8 Å². The Labute approximate surface area is 104 Å². The number of benzene rings is 2. The zero-order chi connectivity index (χ0) is 10.4. The molecule has 0 unspecified atom stereocenters. The Bertz CT molecular complexity index is 558. The van der Waals surface area contributed by atoms with Crippen molar-refractivity contribution in [3.05, 3.63) is 52.8 Å². The van der Waals surface area contributed by atoms with E-state index in [-0.39, 0.29) is 18.9 Å². The molecule has 1 aliphatic heterocycles. The maximum absolute atomic E-state index is 11.5. The van der Waals surface area contributed by atoms with Crippen LogP contribution >= 0.6 is 0 Å². The summed E-state index contributed by atoms with van der Waals surface area (Å²) >= 11 is 0. The quantitative estimate of drug-likeness (QED) is 0.428. The smallest absolute Gasteiger partial charge is 0.587 e. The van der Waals surface area contributed by atoms with Crippen LogP contribution in [-0.4, -0.2) is 11.8 Å². The van der Waals surface area contributed by atoms with Crippen molar-refractivity contribution < 1.29 is 28.4 Å². The molecule has 16 heavy (non-hydrogen) atoms. The Morgan fingerprint density at radius 2 is 1.31 bits per heavy atom. The molecule has 0 N–H and O–H groups in total. The number of hydrogen-bond acceptors (Lipinski definition) is 2. The Morgan fingerprint density at radius 1 is 0.812 bits per heavy atom. The largest absolute Gasteiger partial charge is 1.00 e. The molecule has 0 spiro atoms. The maximum atomic E-state index is 11.5. The molecule has 1 heterocycles. The molecule has 1 aliphatic rings. The van der Waals surface area contributed by atoms with E-state index in [1.165, 1.54) is 0 Å². The van der Waals surface area contributed by atoms with Gasteiger partial charge in [-0.2, -0.15) is 0 Å². The first-order chi connectivity index (χ1) is 7.27. The van der Waals surface area contributed by atoms with E-state index in [0.717, 1.165) is 10.8 Å². The van der Waals surface area contributed by atoms with E-state index in [9.17, 15) is 9.59 Å². The third kappa shape index (κ3) is 1.37. The summed E-state index contributed by atoms with van der Waals surface area (Å²) in [5, 5.41) is 5.10. The molecule has 0 saturated carbocycles. The van der Waals surface area contributed by atoms with Crippen molar-refractivity contribution in [1.29, 1.82) is 0 Å². The standard InChI is InChI=1S/C12H7NO2.Li/c14-11-8-5-1-3-7-4-2-6-9(10(7)8)12(15)13-11;/h1-6H,(H,13,14,15);/q;+1/p-1. The van der Waals surface area contributed by atoms with Crippen LogP contribution in [0.2, 0.25) is 0 Å². The van der Waals surface area contributed by atoms with E-state index in [1.807, 2.05) is 12.1 Å². The molecule has 4 heteroatoms. The van der Waals surface area contributed by atoms with Crippen molar-refractivity contribution in [2.45, 2.75) is 0 Å². The fourth-order valence-electron chi connectivity index (χ4n) is 1.91. The minimum absolute atomic E-state index is 0. The normalized spacial score (nSPS) is 13.2. The molecule has 0 saturated heterocycles. The number of hydrogen-bond donors (Lipinski definition) is 0. The summed E-state index contributed by atoms with van der Waals surface area (Å²) in [6, 6.07) is 10.8. The molecule has 72 valence electrons. The molecule has 0 radical (unpaired) electrons. The van der Waals surface area contributed by atoms with Gasteiger partial charge in [0.1, 0.15) is 0 Å². The minimum atomic E-state index is -0.440. The summed E-state index contributed by atoms with van der Waals surface area (Å²) < 4.78 is 0. The monoisotopic (exact) mass is 203 g/mol. The summed E-state index contributed by atoms with van der Waals surface area (Å²) in [5.74, 6) is -0.881. The molecule has 0 fully saturated rings. The number of imide groups is 1. The first-order valence-electron chi connectivity index (χ1n) is 4.59. The summed E-state index contributed by atoms with van der Waals surface area (Å²) in [5.41, 5.74) is 1.03. The van der Waals surface area contributed by atoms with Gasteiger partial charge in [-0.1, -0.05) is 36.4 Å². The Kier molecular flexibility index (Phi) is 2.59. The van der Waals surface area contributed by atoms with Crippen LogP contribution in [0.15, 0.2) is 36.4 Å². The molecule has 2 aromatic carbocycles. The predicted octanol–water partition coefficient (Wildman–Crippen LogP) is -0.489. The maximum Gasteiger partial charge on any atom is 1.00 e. The van der Waals surface area contributed by atoms with Crippen LogP contribution in [0.3, 0.4) is 0 Å². The van der Waals surface area contributed by atoms with Crippen LogP contribution in [0.1, 0.15) is 20.7 Å². The summed E-state index contributed by atoms with van der Waals surface area (Å²) in [6.45, 7) is 0. The molecule has 0 bridgehead atoms. The van der Waals surface area contributed by atoms with Gasteiger partial charge in [0.15, 0.2) is 0 Å². The zero-order valence-electron chi connectivity index (χ0n) is 8.73. The van der Waals surface area contributed by atoms with Gasteiger partial charge in [-0.15, -0.1) is 0 Å². The van der Waals surface area contributed by atoms with Crippen molar-refractivity contribution >= 4 is 22.6 Å². The molecule has 3 rings (SSSR count). The van der Waals surface area contributed by atoms with Gasteiger partial charge < -0.3 is 14.9 Å². The summed E-state index contributed by atoms with van der Waals surface area (Å²) in [4.78, 5) is 23.0. The number of carbonyl (C=O) groups excluding carboxylic acids is 2. The third-order valence-corrected chi connectivity index (χ3v) is 2.57. The van der Waals surface area contributed by atoms with Crippen molar-refractivity contribution in [3.8, 4) is 0 Å². The predicted molar refractivity (Wildman–Crippen MR) is 56.0 cm³/mol. The van der Waals surface area contributed by atoms with Crippen LogP contribution in [-0.2, 0) is 0 Å². The summed E-state index contributed by atoms with van der Waals surface area (Å²) in [7, 11) is 0. The summed E-state index contributed by atoms with van der Waals surface area (Å²) in [6.07, 6.45) is 0. The van der Waals surface area contributed by atoms with Crippen LogP contribution in [0.4, 0.5) is 0 Å². The number of nitrogens with zero attached hydrogens (tertiary/aromatic N) is 1. The van der Waals surface area contributed by atoms with E-state index >= 15 is 0 Å². The second-order valence-electron chi connectivity index (χ2n) is 3.43. The Balaban J connectivity index is 0.000000963. The molecule has 2 amide bonds. The average Bonchev–Trinajstić information content (AvgIpc) is 2.25. The molecule has 0 atom stereocenters. The van der Waals surface area contributed by atoms with E-state index in [1.54, 1.807) is 24.3 Å². The van der Waals surface area contributed by atoms with Crippen molar-refractivity contribution in [2.24, 2.45) is 0 Å². The van der Waals surface area contributed by atoms with Crippen molar-refractivity contribution in [3.63, 3.8) is 0 Å². The van der Waals surface area contributed by atoms with Gasteiger partial charge in [-0.05, 0) is 5.39 Å². The third-order valence-electron chi connectivity index (χ3n) is 2.57. The van der Waals surface area contributed by atoms with Gasteiger partial charge in [0.25, 0.3) is 0 Å². The minimum Gasteiger partial charge on any atom is -0.587 e. The molecule has 3 nitrogen and oxygen atoms in total. The Hall–Kier alpha value is -1.56. The van der Waals surface area contributed by atoms with Crippen LogP contribution in [0.5, 0.6) is 0 Å². The van der Waals surface area contributed by atoms with Crippen LogP contribution < -0.4 is 18.9 Å². The van der Waals surface area contributed by atoms with Gasteiger partial charge in [0.2, 0.25) is 0 Å². The second-order valence-corrected chi connectivity index (χ2v) is 3.43. The molecule has 0 aliphatic carbocycles. The average molecular weight is 203 g/mol. The fraction of sp³-hybridized carbons (Fsp3) is 0. The topological polar surface area (TPSA) is 48.2 Å². The number of amides is 2. The first kappa shape index (κ1) is 10.9. The SMILES string of the molecule is O=C1[N-]C(=O)c2cccc3cccc1c23.[Li+]. The van der Waals surface area contributed by atoms with Gasteiger partial charge in [-0.25, -0.2) is 0 Å². The van der Waals surface area contributed by atoms with Crippen LogP contribution in [0, 0.1) is 0 Å². The van der Waals surface area contributed by atoms with Gasteiger partial charge >= 0.3 is 18.9 Å². The van der Waals surface area contributed by atoms with Gasteiger partial charge in [-0.3, -0.25) is 0 Å². The van der Waals surface area contributed by atoms with Crippen molar-refractivity contribution in [2.75, 3.05) is 0 Å². The van der Waals surface area contributed by atoms with Crippen LogP contribution in [0.25, 0.3) is 16.1 Å². The molecular formula is C12H6LiNO2. The first-order valence-corrected chi connectivity index (χ1v) is 4.59. The molecular weight excluding hydrogens is 197 g/mol. The fourth-order valence-corrected chi connectivity index (χ4v) is 1.91. The second kappa shape index (κ2) is 3.78. The number of rotatable bonds is 0. The van der Waals surface area contributed by atoms with Gasteiger partial charge in [0, 0.05) is 16.5 Å². The van der Waals surface area contributed by atoms with E-state index in [0.29, 0.717) is 11.1 Å². The molecule has 0 aromatic heterocycles. The number of carbonyl (C=O) groups is 2. The van der Waals surface area contributed by atoms with E-state index in [2.05, 4.69) is 5.32 Å². The molecule has 2 aromatic rings. The van der Waals surface area contributed by atoms with Gasteiger partial charge in [0.05, 0.1) is 11.8 Å². The van der Waals surface area contributed by atoms with E-state index in [4.69, 9.17) is 0 Å². The van der Waals surface area contributed by atoms with Crippen molar-refractivity contribution in [1.82, 2.24) is 0 Å².